The number of carbonyl (C=O) groups is 1. The fourth-order valence-corrected chi connectivity index (χ4v) is 6.74. The zero-order valence-corrected chi connectivity index (χ0v) is 28.4. The minimum absolute atomic E-state index is 0.168. The molecule has 1 N–H and O–H groups in total. The molecule has 0 atom stereocenters. The second kappa shape index (κ2) is 13.0. The summed E-state index contributed by atoms with van der Waals surface area (Å²) in [6.07, 6.45) is -0.500. The van der Waals surface area contributed by atoms with Crippen molar-refractivity contribution in [1.29, 1.82) is 0 Å². The van der Waals surface area contributed by atoms with Crippen molar-refractivity contribution >= 4 is 49.2 Å². The molecule has 7 aromatic rings. The van der Waals surface area contributed by atoms with Crippen LogP contribution in [0.1, 0.15) is 20.8 Å². The van der Waals surface area contributed by atoms with Crippen molar-refractivity contribution in [3.05, 3.63) is 115 Å². The van der Waals surface area contributed by atoms with E-state index in [-0.39, 0.29) is 13.2 Å². The molecule has 0 unspecified atom stereocenters. The van der Waals surface area contributed by atoms with E-state index >= 15 is 0 Å². The molecular weight excluding hydrogens is 610 g/mol. The van der Waals surface area contributed by atoms with Gasteiger partial charge in [0.2, 0.25) is 0 Å². The van der Waals surface area contributed by atoms with E-state index in [1.165, 1.54) is 0 Å². The number of fused-ring (bicyclic) bond motifs is 4. The predicted molar refractivity (Wildman–Crippen MR) is 200 cm³/mol. The molecule has 7 aromatic carbocycles. The van der Waals surface area contributed by atoms with Crippen molar-refractivity contribution in [3.63, 3.8) is 0 Å². The van der Waals surface area contributed by atoms with Crippen LogP contribution in [0.5, 0.6) is 17.2 Å². The Kier molecular flexibility index (Phi) is 8.47. The Hall–Kier alpha value is -5.75. The van der Waals surface area contributed by atoms with Crippen LogP contribution in [0.15, 0.2) is 115 Å². The van der Waals surface area contributed by atoms with Crippen molar-refractivity contribution in [3.8, 4) is 39.5 Å². The summed E-state index contributed by atoms with van der Waals surface area (Å²) in [6, 6.07) is 39.9. The molecule has 0 aliphatic rings. The first-order chi connectivity index (χ1) is 23.8. The Bertz CT molecular complexity index is 2100. The highest BCUT2D eigenvalue weighted by molar-refractivity contribution is 6.19. The van der Waals surface area contributed by atoms with Crippen LogP contribution in [0.25, 0.3) is 65.3 Å². The Labute approximate surface area is 286 Å². The van der Waals surface area contributed by atoms with E-state index in [9.17, 15) is 4.79 Å². The van der Waals surface area contributed by atoms with Crippen LogP contribution in [-0.4, -0.2) is 39.1 Å². The summed E-state index contributed by atoms with van der Waals surface area (Å²) in [4.78, 5) is 12.6. The molecule has 0 saturated heterocycles. The van der Waals surface area contributed by atoms with E-state index in [1.54, 1.807) is 14.2 Å². The Balaban J connectivity index is 1.56. The number of hydrogen-bond donors (Lipinski definition) is 1. The highest BCUT2D eigenvalue weighted by atomic mass is 16.6. The van der Waals surface area contributed by atoms with Crippen molar-refractivity contribution in [2.24, 2.45) is 0 Å². The molecule has 6 nitrogen and oxygen atoms in total. The molecule has 0 radical (unpaired) electrons. The average molecular weight is 650 g/mol. The quantitative estimate of drug-likeness (QED) is 0.131. The maximum Gasteiger partial charge on any atom is 0.407 e. The number of alkyl carbamates (subject to hydrolysis) is 1. The lowest BCUT2D eigenvalue weighted by Crippen LogP contribution is -2.34. The van der Waals surface area contributed by atoms with Gasteiger partial charge in [-0.25, -0.2) is 4.79 Å². The number of amides is 1. The first-order valence-electron chi connectivity index (χ1n) is 16.5. The summed E-state index contributed by atoms with van der Waals surface area (Å²) in [7, 11) is 3.35. The number of carbonyl (C=O) groups excluding carboxylic acids is 1. The number of ether oxygens (including phenoxy) is 4. The van der Waals surface area contributed by atoms with Gasteiger partial charge >= 0.3 is 6.09 Å². The molecule has 7 rings (SSSR count). The van der Waals surface area contributed by atoms with Gasteiger partial charge in [-0.05, 0) is 76.0 Å². The summed E-state index contributed by atoms with van der Waals surface area (Å²) >= 11 is 0. The molecule has 1 amide bonds. The fraction of sp³-hybridized carbons (Fsp3) is 0.186. The average Bonchev–Trinajstić information content (AvgIpc) is 3.10. The third kappa shape index (κ3) is 6.06. The standard InChI is InChI=1S/C43H39NO5/c1-43(2,3)49-42(45)44-22-23-48-41-39(37-31-18-10-6-14-27(31)24-28-15-7-11-19-32(28)37)35(46-4)26-36(47-5)40(41)38-33-20-12-8-16-29(33)25-30-17-9-13-21-34(30)38/h6-21,24-26H,22-23H2,1-5H3,(H,44,45). The van der Waals surface area contributed by atoms with Gasteiger partial charge in [0, 0.05) is 17.2 Å². The number of nitrogens with one attached hydrogen (secondary N) is 1. The van der Waals surface area contributed by atoms with Crippen LogP contribution in [0.2, 0.25) is 0 Å². The predicted octanol–water partition coefficient (Wildman–Crippen LogP) is 10.6. The van der Waals surface area contributed by atoms with Crippen molar-refractivity contribution in [2.75, 3.05) is 27.4 Å². The molecule has 49 heavy (non-hydrogen) atoms. The maximum atomic E-state index is 12.6. The van der Waals surface area contributed by atoms with Gasteiger partial charge in [-0.15, -0.1) is 0 Å². The van der Waals surface area contributed by atoms with Gasteiger partial charge in [0.15, 0.2) is 0 Å². The van der Waals surface area contributed by atoms with Gasteiger partial charge in [0.25, 0.3) is 0 Å². The van der Waals surface area contributed by atoms with Gasteiger partial charge < -0.3 is 24.3 Å². The van der Waals surface area contributed by atoms with Crippen LogP contribution < -0.4 is 19.5 Å². The fourth-order valence-electron chi connectivity index (χ4n) is 6.74. The molecule has 0 aliphatic heterocycles. The highest BCUT2D eigenvalue weighted by Crippen LogP contribution is 2.55. The first kappa shape index (κ1) is 31.8. The second-order valence-corrected chi connectivity index (χ2v) is 13.0. The Morgan fingerprint density at radius 2 is 0.959 bits per heavy atom. The van der Waals surface area contributed by atoms with Gasteiger partial charge in [0.05, 0.1) is 31.9 Å². The highest BCUT2D eigenvalue weighted by Gasteiger charge is 2.28. The van der Waals surface area contributed by atoms with E-state index in [4.69, 9.17) is 18.9 Å². The molecule has 0 saturated carbocycles. The molecular formula is C43H39NO5. The Morgan fingerprint density at radius 1 is 0.571 bits per heavy atom. The van der Waals surface area contributed by atoms with Crippen LogP contribution >= 0.6 is 0 Å². The van der Waals surface area contributed by atoms with E-state index in [0.717, 1.165) is 65.3 Å². The summed E-state index contributed by atoms with van der Waals surface area (Å²) in [5.41, 5.74) is 2.99. The summed E-state index contributed by atoms with van der Waals surface area (Å²) in [6.45, 7) is 5.91. The third-order valence-corrected chi connectivity index (χ3v) is 8.71. The third-order valence-electron chi connectivity index (χ3n) is 8.71. The van der Waals surface area contributed by atoms with Crippen LogP contribution in [0.3, 0.4) is 0 Å². The zero-order chi connectivity index (χ0) is 34.1. The zero-order valence-electron chi connectivity index (χ0n) is 28.4. The lowest BCUT2D eigenvalue weighted by molar-refractivity contribution is 0.0520. The van der Waals surface area contributed by atoms with Gasteiger partial charge in [0.1, 0.15) is 29.5 Å². The van der Waals surface area contributed by atoms with Crippen LogP contribution in [0, 0.1) is 0 Å². The topological polar surface area (TPSA) is 66.0 Å². The Morgan fingerprint density at radius 3 is 1.33 bits per heavy atom. The van der Waals surface area contributed by atoms with Crippen molar-refractivity contribution < 1.29 is 23.7 Å². The summed E-state index contributed by atoms with van der Waals surface area (Å²) < 4.78 is 24.8. The number of benzene rings is 7. The molecule has 0 fully saturated rings. The second-order valence-electron chi connectivity index (χ2n) is 13.0. The summed E-state index contributed by atoms with van der Waals surface area (Å²) in [5.74, 6) is 1.83. The van der Waals surface area contributed by atoms with Crippen LogP contribution in [-0.2, 0) is 4.74 Å². The van der Waals surface area contributed by atoms with E-state index in [1.807, 2.05) is 26.8 Å². The van der Waals surface area contributed by atoms with Gasteiger partial charge in [-0.2, -0.15) is 0 Å². The molecule has 0 aliphatic carbocycles. The lowest BCUT2D eigenvalue weighted by atomic mass is 9.86. The molecule has 246 valence electrons. The van der Waals surface area contributed by atoms with E-state index in [2.05, 4.69) is 115 Å². The minimum atomic E-state index is -0.615. The molecule has 0 bridgehead atoms. The summed E-state index contributed by atoms with van der Waals surface area (Å²) in [5, 5.41) is 11.5. The van der Waals surface area contributed by atoms with Crippen molar-refractivity contribution in [1.82, 2.24) is 5.32 Å². The van der Waals surface area contributed by atoms with Gasteiger partial charge in [-0.1, -0.05) is 97.1 Å². The largest absolute Gasteiger partial charge is 0.496 e. The number of rotatable bonds is 8. The number of methoxy groups -OCH3 is 2. The van der Waals surface area contributed by atoms with E-state index in [0.29, 0.717) is 17.2 Å². The SMILES string of the molecule is COc1cc(OC)c(-c2c3ccccc3cc3ccccc23)c(OCCNC(=O)OC(C)(C)C)c1-c1c2ccccc2cc2ccccc12. The van der Waals surface area contributed by atoms with Crippen LogP contribution in [0.4, 0.5) is 4.79 Å². The minimum Gasteiger partial charge on any atom is -0.496 e. The molecule has 0 heterocycles. The van der Waals surface area contributed by atoms with Crippen molar-refractivity contribution in [2.45, 2.75) is 26.4 Å². The first-order valence-corrected chi connectivity index (χ1v) is 16.5. The molecule has 0 spiro atoms. The van der Waals surface area contributed by atoms with Gasteiger partial charge in [-0.3, -0.25) is 0 Å². The lowest BCUT2D eigenvalue weighted by Gasteiger charge is -2.25. The number of hydrogen-bond acceptors (Lipinski definition) is 5. The normalized spacial score (nSPS) is 11.6. The monoisotopic (exact) mass is 649 g/mol. The molecule has 0 aromatic heterocycles. The van der Waals surface area contributed by atoms with E-state index < -0.39 is 11.7 Å². The molecule has 6 heteroatoms. The smallest absolute Gasteiger partial charge is 0.407 e. The maximum absolute atomic E-state index is 12.6.